The monoisotopic (exact) mass is 369 g/mol. The predicted octanol–water partition coefficient (Wildman–Crippen LogP) is 3.41. The number of imidazole rings is 1. The molecule has 0 unspecified atom stereocenters. The third-order valence-electron chi connectivity index (χ3n) is 6.14. The Hall–Kier alpha value is -2.37. The highest BCUT2D eigenvalue weighted by atomic mass is 16.4. The molecule has 2 aromatic rings. The SMILES string of the molecule is O=C(O)C1CCN(C(=O)Cn2c(C3CCCCC3)nc3ccccc32)CC1. The molecule has 0 radical (unpaired) electrons. The first-order valence-corrected chi connectivity index (χ1v) is 10.1. The number of rotatable bonds is 4. The lowest BCUT2D eigenvalue weighted by atomic mass is 9.88. The lowest BCUT2D eigenvalue weighted by Gasteiger charge is -2.31. The van der Waals surface area contributed by atoms with Gasteiger partial charge in [-0.2, -0.15) is 0 Å². The fourth-order valence-electron chi connectivity index (χ4n) is 4.54. The van der Waals surface area contributed by atoms with Crippen LogP contribution < -0.4 is 0 Å². The molecule has 2 fully saturated rings. The van der Waals surface area contributed by atoms with E-state index < -0.39 is 5.97 Å². The van der Waals surface area contributed by atoms with Gasteiger partial charge in [-0.05, 0) is 37.8 Å². The van der Waals surface area contributed by atoms with Gasteiger partial charge < -0.3 is 14.6 Å². The summed E-state index contributed by atoms with van der Waals surface area (Å²) in [6.07, 6.45) is 7.11. The molecule has 1 aliphatic heterocycles. The van der Waals surface area contributed by atoms with E-state index in [2.05, 4.69) is 4.57 Å². The third-order valence-corrected chi connectivity index (χ3v) is 6.14. The lowest BCUT2D eigenvalue weighted by Crippen LogP contribution is -2.42. The van der Waals surface area contributed by atoms with Crippen LogP contribution >= 0.6 is 0 Å². The van der Waals surface area contributed by atoms with Gasteiger partial charge in [-0.15, -0.1) is 0 Å². The Morgan fingerprint density at radius 1 is 1.04 bits per heavy atom. The Labute approximate surface area is 159 Å². The van der Waals surface area contributed by atoms with Crippen LogP contribution in [0.4, 0.5) is 0 Å². The molecule has 0 atom stereocenters. The number of benzene rings is 1. The molecule has 1 saturated carbocycles. The Kier molecular flexibility index (Phi) is 5.14. The van der Waals surface area contributed by atoms with Crippen LogP contribution in [0, 0.1) is 5.92 Å². The number of aromatic nitrogens is 2. The standard InChI is InChI=1S/C21H27N3O3/c25-19(23-12-10-16(11-13-23)21(26)27)14-24-18-9-5-4-8-17(18)22-20(24)15-6-2-1-3-7-15/h4-5,8-9,15-16H,1-3,6-7,10-14H2,(H,26,27). The number of carbonyl (C=O) groups is 2. The Bertz CT molecular complexity index is 830. The molecule has 27 heavy (non-hydrogen) atoms. The minimum Gasteiger partial charge on any atom is -0.481 e. The van der Waals surface area contributed by atoms with Crippen molar-refractivity contribution >= 4 is 22.9 Å². The first-order chi connectivity index (χ1) is 13.1. The molecule has 1 aromatic heterocycles. The zero-order valence-electron chi connectivity index (χ0n) is 15.6. The van der Waals surface area contributed by atoms with Crippen LogP contribution in [0.2, 0.25) is 0 Å². The van der Waals surface area contributed by atoms with Gasteiger partial charge in [0.1, 0.15) is 12.4 Å². The van der Waals surface area contributed by atoms with E-state index in [0.717, 1.165) is 29.7 Å². The number of aliphatic carboxylic acids is 1. The van der Waals surface area contributed by atoms with Gasteiger partial charge >= 0.3 is 5.97 Å². The largest absolute Gasteiger partial charge is 0.481 e. The number of carboxylic acid groups (broad SMARTS) is 1. The second kappa shape index (κ2) is 7.71. The maximum absolute atomic E-state index is 13.0. The fraction of sp³-hybridized carbons (Fsp3) is 0.571. The average Bonchev–Trinajstić information content (AvgIpc) is 3.07. The van der Waals surface area contributed by atoms with Gasteiger partial charge in [0.15, 0.2) is 0 Å². The lowest BCUT2D eigenvalue weighted by molar-refractivity contribution is -0.145. The summed E-state index contributed by atoms with van der Waals surface area (Å²) in [4.78, 5) is 30.8. The Balaban J connectivity index is 1.55. The highest BCUT2D eigenvalue weighted by molar-refractivity contribution is 5.81. The second-order valence-electron chi connectivity index (χ2n) is 7.87. The predicted molar refractivity (Wildman–Crippen MR) is 102 cm³/mol. The van der Waals surface area contributed by atoms with Crippen molar-refractivity contribution in [3.05, 3.63) is 30.1 Å². The number of piperidine rings is 1. The van der Waals surface area contributed by atoms with Crippen LogP contribution in [-0.2, 0) is 16.1 Å². The van der Waals surface area contributed by atoms with Gasteiger partial charge in [0.05, 0.1) is 17.0 Å². The van der Waals surface area contributed by atoms with Crippen molar-refractivity contribution in [1.82, 2.24) is 14.5 Å². The van der Waals surface area contributed by atoms with Gasteiger partial charge in [-0.25, -0.2) is 4.98 Å². The molecule has 2 aliphatic rings. The van der Waals surface area contributed by atoms with Crippen LogP contribution in [0.15, 0.2) is 24.3 Å². The van der Waals surface area contributed by atoms with Crippen molar-refractivity contribution in [1.29, 1.82) is 0 Å². The minimum absolute atomic E-state index is 0.0686. The molecule has 4 rings (SSSR count). The summed E-state index contributed by atoms with van der Waals surface area (Å²) in [6, 6.07) is 8.04. The highest BCUT2D eigenvalue weighted by Crippen LogP contribution is 2.34. The summed E-state index contributed by atoms with van der Waals surface area (Å²) in [7, 11) is 0. The normalized spacial score (nSPS) is 19.5. The van der Waals surface area contributed by atoms with Crippen LogP contribution in [0.25, 0.3) is 11.0 Å². The summed E-state index contributed by atoms with van der Waals surface area (Å²) in [6.45, 7) is 1.35. The van der Waals surface area contributed by atoms with E-state index >= 15 is 0 Å². The van der Waals surface area contributed by atoms with E-state index in [1.807, 2.05) is 29.2 Å². The van der Waals surface area contributed by atoms with E-state index in [1.165, 1.54) is 19.3 Å². The molecule has 1 saturated heterocycles. The van der Waals surface area contributed by atoms with Crippen molar-refractivity contribution in [2.24, 2.45) is 5.92 Å². The number of para-hydroxylation sites is 2. The fourth-order valence-corrected chi connectivity index (χ4v) is 4.54. The van der Waals surface area contributed by atoms with Crippen molar-refractivity contribution in [3.8, 4) is 0 Å². The molecule has 6 nitrogen and oxygen atoms in total. The van der Waals surface area contributed by atoms with E-state index in [0.29, 0.717) is 38.4 Å². The topological polar surface area (TPSA) is 75.4 Å². The number of nitrogens with zero attached hydrogens (tertiary/aromatic N) is 3. The van der Waals surface area contributed by atoms with Crippen molar-refractivity contribution in [2.45, 2.75) is 57.4 Å². The summed E-state index contributed by atoms with van der Waals surface area (Å²) in [5.41, 5.74) is 1.97. The maximum Gasteiger partial charge on any atom is 0.306 e. The molecule has 6 heteroatoms. The number of fused-ring (bicyclic) bond motifs is 1. The number of hydrogen-bond donors (Lipinski definition) is 1. The second-order valence-corrected chi connectivity index (χ2v) is 7.87. The summed E-state index contributed by atoms with van der Waals surface area (Å²) < 4.78 is 2.11. The number of carboxylic acids is 1. The molecule has 1 aliphatic carbocycles. The Morgan fingerprint density at radius 2 is 1.74 bits per heavy atom. The summed E-state index contributed by atoms with van der Waals surface area (Å²) in [5.74, 6) is 0.476. The van der Waals surface area contributed by atoms with E-state index in [-0.39, 0.29) is 11.8 Å². The van der Waals surface area contributed by atoms with Crippen LogP contribution in [0.5, 0.6) is 0 Å². The molecule has 1 N–H and O–H groups in total. The van der Waals surface area contributed by atoms with Crippen molar-refractivity contribution in [3.63, 3.8) is 0 Å². The van der Waals surface area contributed by atoms with Gasteiger partial charge in [-0.3, -0.25) is 9.59 Å². The van der Waals surface area contributed by atoms with Crippen LogP contribution in [0.1, 0.15) is 56.7 Å². The van der Waals surface area contributed by atoms with E-state index in [1.54, 1.807) is 0 Å². The third kappa shape index (κ3) is 3.70. The van der Waals surface area contributed by atoms with Gasteiger partial charge in [-0.1, -0.05) is 31.4 Å². The van der Waals surface area contributed by atoms with Gasteiger partial charge in [0.2, 0.25) is 5.91 Å². The first-order valence-electron chi connectivity index (χ1n) is 10.1. The maximum atomic E-state index is 13.0. The Morgan fingerprint density at radius 3 is 2.44 bits per heavy atom. The number of carbonyl (C=O) groups excluding carboxylic acids is 1. The van der Waals surface area contributed by atoms with Crippen molar-refractivity contribution in [2.75, 3.05) is 13.1 Å². The van der Waals surface area contributed by atoms with Crippen molar-refractivity contribution < 1.29 is 14.7 Å². The van der Waals surface area contributed by atoms with E-state index in [4.69, 9.17) is 10.1 Å². The molecule has 0 spiro atoms. The first kappa shape index (κ1) is 18.0. The van der Waals surface area contributed by atoms with Crippen LogP contribution in [0.3, 0.4) is 0 Å². The smallest absolute Gasteiger partial charge is 0.306 e. The number of likely N-dealkylation sites (tertiary alicyclic amines) is 1. The molecular formula is C21H27N3O3. The summed E-state index contributed by atoms with van der Waals surface area (Å²) in [5, 5.41) is 9.15. The highest BCUT2D eigenvalue weighted by Gasteiger charge is 2.29. The van der Waals surface area contributed by atoms with Gasteiger partial charge in [0, 0.05) is 19.0 Å². The molecular weight excluding hydrogens is 342 g/mol. The number of amides is 1. The zero-order valence-corrected chi connectivity index (χ0v) is 15.6. The average molecular weight is 369 g/mol. The minimum atomic E-state index is -0.748. The quantitative estimate of drug-likeness (QED) is 0.896. The van der Waals surface area contributed by atoms with Crippen LogP contribution in [-0.4, -0.2) is 44.5 Å². The molecule has 2 heterocycles. The van der Waals surface area contributed by atoms with Gasteiger partial charge in [0.25, 0.3) is 0 Å². The van der Waals surface area contributed by atoms with E-state index in [9.17, 15) is 9.59 Å². The molecule has 1 aromatic carbocycles. The number of hydrogen-bond acceptors (Lipinski definition) is 3. The molecule has 144 valence electrons. The summed E-state index contributed by atoms with van der Waals surface area (Å²) >= 11 is 0. The molecule has 1 amide bonds. The zero-order chi connectivity index (χ0) is 18.8. The molecule has 0 bridgehead atoms.